The van der Waals surface area contributed by atoms with Crippen LogP contribution in [0.25, 0.3) is 0 Å². The van der Waals surface area contributed by atoms with Gasteiger partial charge in [0.05, 0.1) is 11.3 Å². The number of nitrogens with zero attached hydrogens (tertiary/aromatic N) is 1. The molecule has 7 nitrogen and oxygen atoms in total. The lowest BCUT2D eigenvalue weighted by atomic mass is 10.1. The first-order valence-corrected chi connectivity index (χ1v) is 9.01. The summed E-state index contributed by atoms with van der Waals surface area (Å²) < 4.78 is 5.54. The molecule has 3 rings (SSSR count). The summed E-state index contributed by atoms with van der Waals surface area (Å²) in [7, 11) is 0. The smallest absolute Gasteiger partial charge is 0.335 e. The first-order chi connectivity index (χ1) is 13.2. The summed E-state index contributed by atoms with van der Waals surface area (Å²) in [5, 5.41) is 12.5. The maximum absolute atomic E-state index is 12.8. The Labute approximate surface area is 166 Å². The quantitative estimate of drug-likeness (QED) is 0.816. The maximum Gasteiger partial charge on any atom is 0.335 e. The molecule has 2 amide bonds. The normalized spacial score (nSPS) is 16.8. The molecule has 8 heteroatoms. The summed E-state index contributed by atoms with van der Waals surface area (Å²) in [6.07, 6.45) is -0.847. The van der Waals surface area contributed by atoms with Gasteiger partial charge in [-0.25, -0.2) is 4.79 Å². The highest BCUT2D eigenvalue weighted by Gasteiger charge is 2.37. The van der Waals surface area contributed by atoms with E-state index in [2.05, 4.69) is 5.32 Å². The second-order valence-electron chi connectivity index (χ2n) is 6.53. The molecule has 2 unspecified atom stereocenters. The fraction of sp³-hybridized carbons (Fsp3) is 0.250. The highest BCUT2D eigenvalue weighted by molar-refractivity contribution is 6.31. The number of anilines is 2. The van der Waals surface area contributed by atoms with E-state index in [1.54, 1.807) is 39.0 Å². The van der Waals surface area contributed by atoms with Crippen LogP contribution in [0.4, 0.5) is 11.4 Å². The molecule has 2 N–H and O–H groups in total. The number of hydrogen-bond donors (Lipinski definition) is 2. The van der Waals surface area contributed by atoms with E-state index < -0.39 is 24.0 Å². The molecule has 2 aromatic carbocycles. The Hall–Kier alpha value is -3.06. The number of fused-ring (bicyclic) bond motifs is 1. The number of nitrogens with one attached hydrogen (secondary N) is 1. The van der Waals surface area contributed by atoms with E-state index in [1.807, 2.05) is 0 Å². The number of aromatic carboxylic acids is 1. The van der Waals surface area contributed by atoms with Gasteiger partial charge in [0, 0.05) is 10.7 Å². The fourth-order valence-electron chi connectivity index (χ4n) is 2.99. The lowest BCUT2D eigenvalue weighted by Crippen LogP contribution is -2.52. The Morgan fingerprint density at radius 1 is 1.29 bits per heavy atom. The Balaban J connectivity index is 1.93. The van der Waals surface area contributed by atoms with Crippen molar-refractivity contribution >= 4 is 40.8 Å². The molecule has 0 saturated carbocycles. The van der Waals surface area contributed by atoms with Crippen LogP contribution in [0.3, 0.4) is 0 Å². The lowest BCUT2D eigenvalue weighted by molar-refractivity contribution is -0.128. The number of rotatable bonds is 4. The van der Waals surface area contributed by atoms with E-state index in [9.17, 15) is 14.4 Å². The number of hydrogen-bond acceptors (Lipinski definition) is 4. The zero-order valence-corrected chi connectivity index (χ0v) is 16.3. The number of carbonyl (C=O) groups is 3. The van der Waals surface area contributed by atoms with Crippen molar-refractivity contribution in [1.29, 1.82) is 0 Å². The Bertz CT molecular complexity index is 975. The van der Waals surface area contributed by atoms with Crippen molar-refractivity contribution in [2.75, 3.05) is 10.2 Å². The number of halogens is 1. The van der Waals surface area contributed by atoms with E-state index in [4.69, 9.17) is 21.4 Å². The summed E-state index contributed by atoms with van der Waals surface area (Å²) in [6, 6.07) is 8.50. The summed E-state index contributed by atoms with van der Waals surface area (Å²) in [6.45, 7) is 4.94. The van der Waals surface area contributed by atoms with Gasteiger partial charge >= 0.3 is 5.97 Å². The largest absolute Gasteiger partial charge is 0.479 e. The van der Waals surface area contributed by atoms with Gasteiger partial charge in [-0.05, 0) is 56.7 Å². The van der Waals surface area contributed by atoms with Crippen molar-refractivity contribution in [3.8, 4) is 5.75 Å². The molecule has 0 radical (unpaired) electrons. The Morgan fingerprint density at radius 3 is 2.68 bits per heavy atom. The number of ether oxygens (including phenoxy) is 1. The van der Waals surface area contributed by atoms with E-state index in [-0.39, 0.29) is 17.2 Å². The molecule has 146 valence electrons. The van der Waals surface area contributed by atoms with Crippen LogP contribution in [-0.2, 0) is 9.59 Å². The summed E-state index contributed by atoms with van der Waals surface area (Å²) in [4.78, 5) is 38.1. The Kier molecular flexibility index (Phi) is 5.29. The number of carboxylic acid groups (broad SMARTS) is 1. The zero-order valence-electron chi connectivity index (χ0n) is 15.5. The third-order valence-corrected chi connectivity index (χ3v) is 5.06. The van der Waals surface area contributed by atoms with Gasteiger partial charge in [-0.15, -0.1) is 0 Å². The molecule has 2 aromatic rings. The van der Waals surface area contributed by atoms with E-state index >= 15 is 0 Å². The fourth-order valence-corrected chi connectivity index (χ4v) is 3.17. The average molecular weight is 403 g/mol. The maximum atomic E-state index is 12.8. The van der Waals surface area contributed by atoms with E-state index in [1.165, 1.54) is 23.1 Å². The highest BCUT2D eigenvalue weighted by atomic mass is 35.5. The minimum absolute atomic E-state index is 0.0342. The van der Waals surface area contributed by atoms with Crippen molar-refractivity contribution in [2.24, 2.45) is 0 Å². The summed E-state index contributed by atoms with van der Waals surface area (Å²) in [5.74, 6) is -1.66. The first-order valence-electron chi connectivity index (χ1n) is 8.63. The molecule has 28 heavy (non-hydrogen) atoms. The van der Waals surface area contributed by atoms with Gasteiger partial charge in [0.2, 0.25) is 5.91 Å². The SMILES string of the molecule is Cc1c(Cl)cccc1NC(=O)C(C)N1C(=O)C(C)Oc2cc(C(=O)O)ccc21. The van der Waals surface area contributed by atoms with Gasteiger partial charge in [0.1, 0.15) is 11.8 Å². The third-order valence-electron chi connectivity index (χ3n) is 4.65. The zero-order chi connectivity index (χ0) is 20.6. The highest BCUT2D eigenvalue weighted by Crippen LogP contribution is 2.36. The van der Waals surface area contributed by atoms with Gasteiger partial charge in [-0.2, -0.15) is 0 Å². The van der Waals surface area contributed by atoms with E-state index in [0.717, 1.165) is 5.56 Å². The van der Waals surface area contributed by atoms with Gasteiger partial charge in [-0.1, -0.05) is 17.7 Å². The van der Waals surface area contributed by atoms with Gasteiger partial charge in [-0.3, -0.25) is 14.5 Å². The van der Waals surface area contributed by atoms with Crippen LogP contribution < -0.4 is 15.0 Å². The molecule has 2 atom stereocenters. The van der Waals surface area contributed by atoms with Crippen molar-refractivity contribution in [2.45, 2.75) is 32.9 Å². The number of carbonyl (C=O) groups excluding carboxylic acids is 2. The first kappa shape index (κ1) is 19.7. The van der Waals surface area contributed by atoms with Crippen molar-refractivity contribution in [3.05, 3.63) is 52.5 Å². The van der Waals surface area contributed by atoms with Crippen molar-refractivity contribution in [1.82, 2.24) is 0 Å². The van der Waals surface area contributed by atoms with Gasteiger partial charge in [0.15, 0.2) is 6.10 Å². The molecule has 0 bridgehead atoms. The molecule has 1 heterocycles. The van der Waals surface area contributed by atoms with Crippen LogP contribution in [0, 0.1) is 6.92 Å². The number of benzene rings is 2. The average Bonchev–Trinajstić information content (AvgIpc) is 2.65. The third kappa shape index (κ3) is 3.53. The Morgan fingerprint density at radius 2 is 2.00 bits per heavy atom. The molecule has 0 aromatic heterocycles. The molecule has 1 aliphatic heterocycles. The molecular formula is C20H19ClN2O5. The molecule has 0 aliphatic carbocycles. The minimum atomic E-state index is -1.11. The van der Waals surface area contributed by atoms with Crippen molar-refractivity contribution < 1.29 is 24.2 Å². The summed E-state index contributed by atoms with van der Waals surface area (Å²) >= 11 is 6.09. The van der Waals surface area contributed by atoms with Crippen LogP contribution in [0.15, 0.2) is 36.4 Å². The van der Waals surface area contributed by atoms with Crippen LogP contribution in [0.2, 0.25) is 5.02 Å². The predicted octanol–water partition coefficient (Wildman–Crippen LogP) is 3.49. The van der Waals surface area contributed by atoms with Gasteiger partial charge in [0.25, 0.3) is 5.91 Å². The molecule has 1 aliphatic rings. The van der Waals surface area contributed by atoms with Crippen LogP contribution in [0.1, 0.15) is 29.8 Å². The molecule has 0 saturated heterocycles. The monoisotopic (exact) mass is 402 g/mol. The van der Waals surface area contributed by atoms with Crippen LogP contribution >= 0.6 is 11.6 Å². The molecular weight excluding hydrogens is 384 g/mol. The van der Waals surface area contributed by atoms with Gasteiger partial charge < -0.3 is 15.2 Å². The standard InChI is InChI=1S/C20H19ClN2O5/c1-10-14(21)5-4-6-15(10)22-18(24)11(2)23-16-8-7-13(20(26)27)9-17(16)28-12(3)19(23)25/h4-9,11-12H,1-3H3,(H,22,24)(H,26,27). The minimum Gasteiger partial charge on any atom is -0.479 e. The predicted molar refractivity (Wildman–Crippen MR) is 105 cm³/mol. The molecule has 0 fully saturated rings. The summed E-state index contributed by atoms with van der Waals surface area (Å²) in [5.41, 5.74) is 1.66. The second kappa shape index (κ2) is 7.52. The number of carboxylic acids is 1. The van der Waals surface area contributed by atoms with Crippen molar-refractivity contribution in [3.63, 3.8) is 0 Å². The second-order valence-corrected chi connectivity index (χ2v) is 6.94. The van der Waals surface area contributed by atoms with Crippen LogP contribution in [-0.4, -0.2) is 35.0 Å². The topological polar surface area (TPSA) is 95.9 Å². The molecule has 0 spiro atoms. The number of amides is 2. The van der Waals surface area contributed by atoms with E-state index in [0.29, 0.717) is 16.4 Å². The lowest BCUT2D eigenvalue weighted by Gasteiger charge is -2.36. The van der Waals surface area contributed by atoms with Crippen LogP contribution in [0.5, 0.6) is 5.75 Å².